The van der Waals surface area contributed by atoms with E-state index in [-0.39, 0.29) is 0 Å². The van der Waals surface area contributed by atoms with E-state index in [0.717, 1.165) is 21.4 Å². The third-order valence-electron chi connectivity index (χ3n) is 14.7. The number of rotatable bonds is 12. The van der Waals surface area contributed by atoms with Crippen LogP contribution in [0.4, 0.5) is 0 Å². The molecule has 0 spiro atoms. The van der Waals surface area contributed by atoms with Crippen molar-refractivity contribution in [1.29, 1.82) is 0 Å². The van der Waals surface area contributed by atoms with Gasteiger partial charge in [-0.3, -0.25) is 0 Å². The third-order valence-corrected chi connectivity index (χ3v) is 15.7. The molecule has 60 heavy (non-hydrogen) atoms. The van der Waals surface area contributed by atoms with Crippen LogP contribution in [0.3, 0.4) is 0 Å². The first-order valence-corrected chi connectivity index (χ1v) is 31.5. The zero-order valence-electron chi connectivity index (χ0n) is 37.0. The molecule has 4 aliphatic carbocycles. The van der Waals surface area contributed by atoms with Gasteiger partial charge in [0, 0.05) is 9.52 Å². The SMILES string of the molecule is CCC[Si]C.CCCc1ccc(-c2cccc3[cH-]c(CC45CCC(CC4)C5)cc23)cc1.CCCc1ccc(-c2cccc3[cH-]c(CC45CCC(CC4)C5)cc23)cc1.[Cl][Zr+2][Cl]. The molecule has 4 saturated carbocycles. The van der Waals surface area contributed by atoms with Crippen LogP contribution in [0.5, 0.6) is 0 Å². The Bertz CT molecular complexity index is 2050. The number of halogens is 2. The molecule has 0 aliphatic heterocycles. The summed E-state index contributed by atoms with van der Waals surface area (Å²) in [6.07, 6.45) is 23.5. The van der Waals surface area contributed by atoms with Crippen LogP contribution in [0, 0.1) is 22.7 Å². The van der Waals surface area contributed by atoms with Gasteiger partial charge in [0.05, 0.1) is 0 Å². The molecular formula is C56H68Cl2SiZr. The molecule has 0 N–H and O–H groups in total. The molecule has 4 bridgehead atoms. The number of aryl methyl sites for hydroxylation is 2. The molecule has 4 heteroatoms. The van der Waals surface area contributed by atoms with Crippen molar-refractivity contribution in [2.45, 2.75) is 143 Å². The van der Waals surface area contributed by atoms with Crippen LogP contribution in [-0.4, -0.2) is 9.52 Å². The molecule has 2 radical (unpaired) electrons. The Labute approximate surface area is 384 Å². The minimum absolute atomic E-state index is 0.636. The van der Waals surface area contributed by atoms with Crippen molar-refractivity contribution in [3.05, 3.63) is 131 Å². The number of fused-ring (bicyclic) bond motifs is 6. The molecule has 4 aliphatic rings. The van der Waals surface area contributed by atoms with E-state index in [9.17, 15) is 0 Å². The molecule has 6 aromatic carbocycles. The fourth-order valence-electron chi connectivity index (χ4n) is 11.8. The zero-order valence-corrected chi connectivity index (χ0v) is 42.0. The summed E-state index contributed by atoms with van der Waals surface area (Å²) in [5, 5.41) is 5.71. The average Bonchev–Trinajstić information content (AvgIpc) is 4.14. The molecule has 10 rings (SSSR count). The molecule has 6 aromatic rings. The normalized spacial score (nSPS) is 22.2. The summed E-state index contributed by atoms with van der Waals surface area (Å²) in [5.41, 5.74) is 12.8. The summed E-state index contributed by atoms with van der Waals surface area (Å²) < 4.78 is 0. The van der Waals surface area contributed by atoms with Gasteiger partial charge in [0.25, 0.3) is 0 Å². The van der Waals surface area contributed by atoms with Crippen LogP contribution >= 0.6 is 17.0 Å². The summed E-state index contributed by atoms with van der Waals surface area (Å²) in [6.45, 7) is 8.95. The Kier molecular flexibility index (Phi) is 16.7. The van der Waals surface area contributed by atoms with Gasteiger partial charge < -0.3 is 0 Å². The summed E-state index contributed by atoms with van der Waals surface area (Å²) in [5.74, 6) is 2.08. The van der Waals surface area contributed by atoms with Crippen LogP contribution in [0.1, 0.15) is 126 Å². The Balaban J connectivity index is 0.000000154. The molecular weight excluding hydrogens is 863 g/mol. The summed E-state index contributed by atoms with van der Waals surface area (Å²) in [7, 11) is 11.0. The number of hydrogen-bond acceptors (Lipinski definition) is 0. The molecule has 0 nitrogen and oxygen atoms in total. The van der Waals surface area contributed by atoms with E-state index in [1.165, 1.54) is 170 Å². The van der Waals surface area contributed by atoms with Crippen molar-refractivity contribution < 1.29 is 20.8 Å². The van der Waals surface area contributed by atoms with Crippen molar-refractivity contribution in [3.8, 4) is 22.3 Å². The van der Waals surface area contributed by atoms with Gasteiger partial charge in [0.15, 0.2) is 0 Å². The summed E-state index contributed by atoms with van der Waals surface area (Å²) >= 11 is -0.826. The first-order chi connectivity index (χ1) is 29.3. The van der Waals surface area contributed by atoms with Crippen LogP contribution in [0.2, 0.25) is 12.6 Å². The monoisotopic (exact) mass is 928 g/mol. The molecule has 0 amide bonds. The number of hydrogen-bond donors (Lipinski definition) is 0. The second kappa shape index (κ2) is 21.9. The van der Waals surface area contributed by atoms with Crippen molar-refractivity contribution >= 4 is 48.1 Å². The number of benzene rings is 4. The van der Waals surface area contributed by atoms with Gasteiger partial charge in [0.1, 0.15) is 0 Å². The van der Waals surface area contributed by atoms with E-state index in [1.54, 1.807) is 11.1 Å². The summed E-state index contributed by atoms with van der Waals surface area (Å²) in [6, 6.07) is 43.4. The standard InChI is InChI=1S/2C26H29.C4H10Si.2ClH.Zr/c2*1-2-4-19-7-9-22(10-8-19)24-6-3-5-23-15-21(16-25(23)24)18-26-13-11-20(17-26)12-14-26;1-3-4-5-2;;;/h2*3,5-10,15-16,20H,2,4,11-14,17-18H2,1H3;3-4H2,1-2H3;2*1H;/q2*-1;;;;+4/p-2. The van der Waals surface area contributed by atoms with E-state index in [4.69, 9.17) is 17.0 Å². The first-order valence-electron chi connectivity index (χ1n) is 23.5. The van der Waals surface area contributed by atoms with E-state index in [2.05, 4.69) is 137 Å². The average molecular weight is 931 g/mol. The van der Waals surface area contributed by atoms with Gasteiger partial charge >= 0.3 is 37.9 Å². The molecule has 0 atom stereocenters. The maximum absolute atomic E-state index is 4.93. The molecule has 0 heterocycles. The molecule has 0 aromatic heterocycles. The quantitative estimate of drug-likeness (QED) is 0.0847. The third kappa shape index (κ3) is 11.3. The predicted molar refractivity (Wildman–Crippen MR) is 262 cm³/mol. The van der Waals surface area contributed by atoms with Crippen LogP contribution < -0.4 is 0 Å². The van der Waals surface area contributed by atoms with Gasteiger partial charge in [-0.2, -0.15) is 12.1 Å². The van der Waals surface area contributed by atoms with Crippen molar-refractivity contribution in [2.24, 2.45) is 22.7 Å². The van der Waals surface area contributed by atoms with E-state index in [1.807, 2.05) is 0 Å². The van der Waals surface area contributed by atoms with Gasteiger partial charge in [0.2, 0.25) is 0 Å². The van der Waals surface area contributed by atoms with Gasteiger partial charge in [-0.1, -0.05) is 124 Å². The van der Waals surface area contributed by atoms with Crippen molar-refractivity contribution in [2.75, 3.05) is 0 Å². The fraction of sp³-hybridized carbons (Fsp3) is 0.464. The predicted octanol–water partition coefficient (Wildman–Crippen LogP) is 17.5. The minimum atomic E-state index is -0.826. The summed E-state index contributed by atoms with van der Waals surface area (Å²) in [4.78, 5) is 0. The van der Waals surface area contributed by atoms with Gasteiger partial charge in [-0.25, -0.2) is 0 Å². The van der Waals surface area contributed by atoms with Gasteiger partial charge in [-0.15, -0.1) is 69.1 Å². The Hall–Kier alpha value is -2.22. The maximum atomic E-state index is 4.93. The zero-order chi connectivity index (χ0) is 42.0. The topological polar surface area (TPSA) is 0 Å². The fourth-order valence-corrected chi connectivity index (χ4v) is 12.3. The first kappa shape index (κ1) is 45.8. The van der Waals surface area contributed by atoms with E-state index >= 15 is 0 Å². The molecule has 314 valence electrons. The molecule has 4 fully saturated rings. The van der Waals surface area contributed by atoms with Crippen LogP contribution in [0.15, 0.2) is 109 Å². The Morgan fingerprint density at radius 3 is 1.28 bits per heavy atom. The van der Waals surface area contributed by atoms with Crippen LogP contribution in [-0.2, 0) is 46.5 Å². The second-order valence-electron chi connectivity index (χ2n) is 19.1. The van der Waals surface area contributed by atoms with E-state index in [0.29, 0.717) is 10.8 Å². The van der Waals surface area contributed by atoms with E-state index < -0.39 is 20.8 Å². The Morgan fingerprint density at radius 2 is 0.983 bits per heavy atom. The molecule has 0 unspecified atom stereocenters. The second-order valence-corrected chi connectivity index (χ2v) is 24.0. The molecule has 0 saturated heterocycles. The van der Waals surface area contributed by atoms with Gasteiger partial charge in [-0.05, 0) is 135 Å². The van der Waals surface area contributed by atoms with Crippen LogP contribution in [0.25, 0.3) is 43.8 Å². The van der Waals surface area contributed by atoms with Crippen molar-refractivity contribution in [3.63, 3.8) is 0 Å². The Morgan fingerprint density at radius 1 is 0.583 bits per heavy atom. The van der Waals surface area contributed by atoms with Crippen molar-refractivity contribution in [1.82, 2.24) is 0 Å².